The van der Waals surface area contributed by atoms with Gasteiger partial charge in [0, 0.05) is 6.54 Å². The molecule has 2 rings (SSSR count). The lowest BCUT2D eigenvalue weighted by molar-refractivity contribution is -0.139. The Morgan fingerprint density at radius 3 is 2.35 bits per heavy atom. The number of rotatable bonds is 4. The van der Waals surface area contributed by atoms with Crippen LogP contribution in [0.25, 0.3) is 0 Å². The van der Waals surface area contributed by atoms with Gasteiger partial charge in [-0.3, -0.25) is 4.79 Å². The lowest BCUT2D eigenvalue weighted by Gasteiger charge is -2.21. The van der Waals surface area contributed by atoms with Crippen LogP contribution in [0, 0.1) is 13.8 Å². The summed E-state index contributed by atoms with van der Waals surface area (Å²) in [5, 5.41) is 22.7. The van der Waals surface area contributed by atoms with Crippen LogP contribution in [0.2, 0.25) is 0 Å². The van der Waals surface area contributed by atoms with Crippen molar-refractivity contribution >= 4 is 5.91 Å². The zero-order valence-electron chi connectivity index (χ0n) is 12.2. The monoisotopic (exact) mass is 277 g/mol. The Kier molecular flexibility index (Phi) is 4.33. The van der Waals surface area contributed by atoms with E-state index in [-0.39, 0.29) is 5.91 Å². The molecule has 110 valence electrons. The smallest absolute Gasteiger partial charge is 0.251 e. The predicted octanol–water partition coefficient (Wildman–Crippen LogP) is 1.97. The quantitative estimate of drug-likeness (QED) is 0.788. The van der Waals surface area contributed by atoms with Crippen LogP contribution in [0.15, 0.2) is 12.1 Å². The number of aryl methyl sites for hydroxylation is 2. The lowest BCUT2D eigenvalue weighted by atomic mass is 10.0. The van der Waals surface area contributed by atoms with Crippen molar-refractivity contribution < 1.29 is 15.0 Å². The Morgan fingerprint density at radius 1 is 1.25 bits per heavy atom. The van der Waals surface area contributed by atoms with Gasteiger partial charge in [0.05, 0.1) is 0 Å². The molecule has 0 saturated heterocycles. The van der Waals surface area contributed by atoms with E-state index >= 15 is 0 Å². The average molecular weight is 277 g/mol. The molecular formula is C16H23NO3. The fraction of sp³-hybridized carbons (Fsp3) is 0.562. The van der Waals surface area contributed by atoms with Gasteiger partial charge >= 0.3 is 0 Å². The average Bonchev–Trinajstić information content (AvgIpc) is 2.84. The number of carbonyl (C=O) groups excluding carboxylic acids is 1. The molecule has 1 aromatic rings. The topological polar surface area (TPSA) is 69.6 Å². The van der Waals surface area contributed by atoms with Crippen molar-refractivity contribution in [1.29, 1.82) is 0 Å². The maximum absolute atomic E-state index is 11.9. The molecule has 0 spiro atoms. The van der Waals surface area contributed by atoms with Crippen molar-refractivity contribution in [2.75, 3.05) is 6.54 Å². The maximum Gasteiger partial charge on any atom is 0.251 e. The molecule has 1 aliphatic rings. The van der Waals surface area contributed by atoms with E-state index in [1.165, 1.54) is 0 Å². The number of nitrogens with one attached hydrogen (secondary N) is 1. The SMILES string of the molecule is Cc1cc(CCNC(=O)C2(O)CCCC2)cc(C)c1O. The maximum atomic E-state index is 11.9. The summed E-state index contributed by atoms with van der Waals surface area (Å²) in [6, 6.07) is 3.86. The molecule has 0 bridgehead atoms. The molecule has 0 radical (unpaired) electrons. The second-order valence-corrected chi connectivity index (χ2v) is 5.82. The number of hydrogen-bond acceptors (Lipinski definition) is 3. The number of aliphatic hydroxyl groups is 1. The summed E-state index contributed by atoms with van der Waals surface area (Å²) >= 11 is 0. The second-order valence-electron chi connectivity index (χ2n) is 5.82. The molecule has 1 aromatic carbocycles. The van der Waals surface area contributed by atoms with Crippen molar-refractivity contribution in [3.05, 3.63) is 28.8 Å². The van der Waals surface area contributed by atoms with E-state index in [9.17, 15) is 15.0 Å². The van der Waals surface area contributed by atoms with Crippen molar-refractivity contribution in [3.63, 3.8) is 0 Å². The third kappa shape index (κ3) is 3.12. The van der Waals surface area contributed by atoms with Gasteiger partial charge in [-0.05, 0) is 62.6 Å². The highest BCUT2D eigenvalue weighted by atomic mass is 16.3. The minimum Gasteiger partial charge on any atom is -0.507 e. The van der Waals surface area contributed by atoms with E-state index in [1.807, 2.05) is 26.0 Å². The Bertz CT molecular complexity index is 481. The summed E-state index contributed by atoms with van der Waals surface area (Å²) < 4.78 is 0. The minimum atomic E-state index is -1.15. The lowest BCUT2D eigenvalue weighted by Crippen LogP contribution is -2.45. The number of hydrogen-bond donors (Lipinski definition) is 3. The largest absolute Gasteiger partial charge is 0.507 e. The second kappa shape index (κ2) is 5.83. The molecule has 1 fully saturated rings. The van der Waals surface area contributed by atoms with Crippen LogP contribution in [0.4, 0.5) is 0 Å². The molecule has 4 heteroatoms. The minimum absolute atomic E-state index is 0.248. The van der Waals surface area contributed by atoms with Crippen LogP contribution < -0.4 is 5.32 Å². The van der Waals surface area contributed by atoms with Crippen molar-refractivity contribution in [3.8, 4) is 5.75 Å². The van der Waals surface area contributed by atoms with Gasteiger partial charge in [-0.1, -0.05) is 12.1 Å². The number of phenolic OH excluding ortho intramolecular Hbond substituents is 1. The highest BCUT2D eigenvalue weighted by molar-refractivity contribution is 5.85. The summed E-state index contributed by atoms with van der Waals surface area (Å²) in [6.45, 7) is 4.24. The van der Waals surface area contributed by atoms with E-state index in [4.69, 9.17) is 0 Å². The van der Waals surface area contributed by atoms with Crippen LogP contribution in [0.3, 0.4) is 0 Å². The predicted molar refractivity (Wildman–Crippen MR) is 77.7 cm³/mol. The van der Waals surface area contributed by atoms with Gasteiger partial charge in [-0.15, -0.1) is 0 Å². The van der Waals surface area contributed by atoms with Crippen molar-refractivity contribution in [2.24, 2.45) is 0 Å². The van der Waals surface area contributed by atoms with E-state index < -0.39 is 5.60 Å². The number of aromatic hydroxyl groups is 1. The van der Waals surface area contributed by atoms with Gasteiger partial charge in [-0.2, -0.15) is 0 Å². The summed E-state index contributed by atoms with van der Waals surface area (Å²) in [7, 11) is 0. The standard InChI is InChI=1S/C16H23NO3/c1-11-9-13(10-12(2)14(11)18)5-8-17-15(19)16(20)6-3-4-7-16/h9-10,18,20H,3-8H2,1-2H3,(H,17,19). The first kappa shape index (κ1) is 14.9. The molecule has 0 unspecified atom stereocenters. The molecule has 0 atom stereocenters. The number of phenols is 1. The van der Waals surface area contributed by atoms with Gasteiger partial charge in [0.2, 0.25) is 0 Å². The van der Waals surface area contributed by atoms with Gasteiger partial charge < -0.3 is 15.5 Å². The van der Waals surface area contributed by atoms with Crippen LogP contribution in [-0.4, -0.2) is 28.3 Å². The Hall–Kier alpha value is -1.55. The van der Waals surface area contributed by atoms with Crippen LogP contribution >= 0.6 is 0 Å². The fourth-order valence-corrected chi connectivity index (χ4v) is 2.86. The number of benzene rings is 1. The normalized spacial score (nSPS) is 17.1. The molecule has 0 aromatic heterocycles. The fourth-order valence-electron chi connectivity index (χ4n) is 2.86. The third-order valence-electron chi connectivity index (χ3n) is 4.10. The molecule has 1 amide bonds. The summed E-state index contributed by atoms with van der Waals surface area (Å²) in [4.78, 5) is 11.9. The summed E-state index contributed by atoms with van der Waals surface area (Å²) in [5.74, 6) is 0.0836. The molecule has 1 saturated carbocycles. The van der Waals surface area contributed by atoms with Gasteiger partial charge in [0.25, 0.3) is 5.91 Å². The van der Waals surface area contributed by atoms with Gasteiger partial charge in [0.1, 0.15) is 11.4 Å². The van der Waals surface area contributed by atoms with Gasteiger partial charge in [0.15, 0.2) is 0 Å². The van der Waals surface area contributed by atoms with Crippen LogP contribution in [0.1, 0.15) is 42.4 Å². The summed E-state index contributed by atoms with van der Waals surface area (Å²) in [6.07, 6.45) is 3.66. The number of amides is 1. The molecule has 1 aliphatic carbocycles. The first-order valence-electron chi connectivity index (χ1n) is 7.22. The highest BCUT2D eigenvalue weighted by Gasteiger charge is 2.38. The molecule has 20 heavy (non-hydrogen) atoms. The molecule has 4 nitrogen and oxygen atoms in total. The van der Waals surface area contributed by atoms with Gasteiger partial charge in [-0.25, -0.2) is 0 Å². The first-order chi connectivity index (χ1) is 9.42. The van der Waals surface area contributed by atoms with Crippen LogP contribution in [0.5, 0.6) is 5.75 Å². The van der Waals surface area contributed by atoms with Crippen molar-refractivity contribution in [2.45, 2.75) is 51.6 Å². The highest BCUT2D eigenvalue weighted by Crippen LogP contribution is 2.29. The third-order valence-corrected chi connectivity index (χ3v) is 4.10. The zero-order chi connectivity index (χ0) is 14.8. The van der Waals surface area contributed by atoms with Crippen LogP contribution in [-0.2, 0) is 11.2 Å². The molecular weight excluding hydrogens is 254 g/mol. The van der Waals surface area contributed by atoms with E-state index in [0.29, 0.717) is 31.6 Å². The Morgan fingerprint density at radius 2 is 1.80 bits per heavy atom. The number of carbonyl (C=O) groups is 1. The Labute approximate surface area is 119 Å². The van der Waals surface area contributed by atoms with Crippen molar-refractivity contribution in [1.82, 2.24) is 5.32 Å². The summed E-state index contributed by atoms with van der Waals surface area (Å²) in [5.41, 5.74) is 1.62. The molecule has 0 heterocycles. The van der Waals surface area contributed by atoms with E-state index in [1.54, 1.807) is 0 Å². The van der Waals surface area contributed by atoms with E-state index in [2.05, 4.69) is 5.32 Å². The molecule has 3 N–H and O–H groups in total. The first-order valence-corrected chi connectivity index (χ1v) is 7.22. The van der Waals surface area contributed by atoms with E-state index in [0.717, 1.165) is 29.5 Å². The zero-order valence-corrected chi connectivity index (χ0v) is 12.2. The Balaban J connectivity index is 1.88. The molecule has 0 aliphatic heterocycles.